The van der Waals surface area contributed by atoms with Crippen LogP contribution in [-0.2, 0) is 10.9 Å². The Labute approximate surface area is 175 Å². The van der Waals surface area contributed by atoms with Crippen molar-refractivity contribution in [2.75, 3.05) is 25.6 Å². The van der Waals surface area contributed by atoms with Crippen LogP contribution in [0.1, 0.15) is 21.6 Å². The van der Waals surface area contributed by atoms with Gasteiger partial charge in [-0.15, -0.1) is 11.3 Å². The number of carbonyl (C=O) groups is 1. The minimum Gasteiger partial charge on any atom is -0.489 e. The van der Waals surface area contributed by atoms with Crippen molar-refractivity contribution >= 4 is 22.9 Å². The van der Waals surface area contributed by atoms with Crippen LogP contribution < -0.4 is 10.1 Å². The van der Waals surface area contributed by atoms with Crippen molar-refractivity contribution in [1.29, 1.82) is 0 Å². The third kappa shape index (κ3) is 5.37. The SMILES string of the molecule is COCCOc1ccc(C(F)(F)F)cc1NC(=O)c1ccc(-c2nc(C)cs2)cc1. The molecule has 0 unspecified atom stereocenters. The zero-order chi connectivity index (χ0) is 21.7. The Bertz CT molecular complexity index is 1020. The largest absolute Gasteiger partial charge is 0.489 e. The second-order valence-electron chi connectivity index (χ2n) is 6.38. The molecule has 0 atom stereocenters. The Morgan fingerprint density at radius 3 is 2.47 bits per heavy atom. The number of hydrogen-bond donors (Lipinski definition) is 1. The molecule has 158 valence electrons. The molecule has 3 rings (SSSR count). The molecule has 0 aliphatic carbocycles. The van der Waals surface area contributed by atoms with Gasteiger partial charge < -0.3 is 14.8 Å². The molecular weight excluding hydrogens is 417 g/mol. The highest BCUT2D eigenvalue weighted by Crippen LogP contribution is 2.35. The molecular formula is C21H19F3N2O3S. The number of amides is 1. The van der Waals surface area contributed by atoms with Crippen LogP contribution in [0, 0.1) is 6.92 Å². The zero-order valence-electron chi connectivity index (χ0n) is 16.2. The molecule has 5 nitrogen and oxygen atoms in total. The number of thiazole rings is 1. The van der Waals surface area contributed by atoms with Gasteiger partial charge in [0.05, 0.1) is 17.9 Å². The van der Waals surface area contributed by atoms with Gasteiger partial charge in [0, 0.05) is 29.3 Å². The Kier molecular flexibility index (Phi) is 6.73. The first-order valence-corrected chi connectivity index (χ1v) is 9.83. The molecule has 1 heterocycles. The molecule has 0 radical (unpaired) electrons. The number of halogens is 3. The molecule has 1 N–H and O–H groups in total. The lowest BCUT2D eigenvalue weighted by atomic mass is 10.1. The van der Waals surface area contributed by atoms with E-state index in [4.69, 9.17) is 9.47 Å². The average Bonchev–Trinajstić information content (AvgIpc) is 3.15. The summed E-state index contributed by atoms with van der Waals surface area (Å²) in [5, 5.41) is 5.26. The van der Waals surface area contributed by atoms with E-state index >= 15 is 0 Å². The Balaban J connectivity index is 1.81. The van der Waals surface area contributed by atoms with Crippen LogP contribution in [0.4, 0.5) is 18.9 Å². The number of aromatic nitrogens is 1. The lowest BCUT2D eigenvalue weighted by molar-refractivity contribution is -0.137. The van der Waals surface area contributed by atoms with Crippen molar-refractivity contribution in [3.63, 3.8) is 0 Å². The first kappa shape index (κ1) is 21.8. The third-order valence-electron chi connectivity index (χ3n) is 4.11. The van der Waals surface area contributed by atoms with E-state index < -0.39 is 17.6 Å². The first-order chi connectivity index (χ1) is 14.3. The molecule has 0 bridgehead atoms. The highest BCUT2D eigenvalue weighted by molar-refractivity contribution is 7.13. The Hall–Kier alpha value is -2.91. The summed E-state index contributed by atoms with van der Waals surface area (Å²) in [4.78, 5) is 17.0. The van der Waals surface area contributed by atoms with E-state index in [9.17, 15) is 18.0 Å². The molecule has 0 saturated heterocycles. The van der Waals surface area contributed by atoms with E-state index in [1.807, 2.05) is 12.3 Å². The van der Waals surface area contributed by atoms with Crippen molar-refractivity contribution in [1.82, 2.24) is 4.98 Å². The normalized spacial score (nSPS) is 11.4. The quantitative estimate of drug-likeness (QED) is 0.503. The minimum atomic E-state index is -4.54. The van der Waals surface area contributed by atoms with Gasteiger partial charge in [-0.25, -0.2) is 4.98 Å². The van der Waals surface area contributed by atoms with Crippen LogP contribution in [-0.4, -0.2) is 31.2 Å². The number of alkyl halides is 3. The van der Waals surface area contributed by atoms with Crippen LogP contribution >= 0.6 is 11.3 Å². The van der Waals surface area contributed by atoms with E-state index in [0.717, 1.165) is 28.4 Å². The summed E-state index contributed by atoms with van der Waals surface area (Å²) in [7, 11) is 1.48. The summed E-state index contributed by atoms with van der Waals surface area (Å²) in [5.41, 5.74) is 1.11. The van der Waals surface area contributed by atoms with Crippen LogP contribution in [0.5, 0.6) is 5.75 Å². The predicted octanol–water partition coefficient (Wildman–Crippen LogP) is 5.41. The van der Waals surface area contributed by atoms with E-state index in [0.29, 0.717) is 5.56 Å². The van der Waals surface area contributed by atoms with Crippen molar-refractivity contribution in [3.8, 4) is 16.3 Å². The first-order valence-electron chi connectivity index (χ1n) is 8.95. The molecule has 9 heteroatoms. The van der Waals surface area contributed by atoms with Gasteiger partial charge in [0.1, 0.15) is 17.4 Å². The number of nitrogens with one attached hydrogen (secondary N) is 1. The third-order valence-corrected chi connectivity index (χ3v) is 5.12. The number of aryl methyl sites for hydroxylation is 1. The number of carbonyl (C=O) groups excluding carboxylic acids is 1. The molecule has 0 aliphatic rings. The van der Waals surface area contributed by atoms with E-state index in [-0.39, 0.29) is 24.7 Å². The molecule has 0 fully saturated rings. The van der Waals surface area contributed by atoms with Crippen molar-refractivity contribution in [3.05, 3.63) is 64.7 Å². The summed E-state index contributed by atoms with van der Waals surface area (Å²) in [6, 6.07) is 9.63. The fraction of sp³-hybridized carbons (Fsp3) is 0.238. The molecule has 0 spiro atoms. The van der Waals surface area contributed by atoms with Crippen molar-refractivity contribution in [2.24, 2.45) is 0 Å². The van der Waals surface area contributed by atoms with Gasteiger partial charge in [0.2, 0.25) is 0 Å². The average molecular weight is 436 g/mol. The molecule has 0 aliphatic heterocycles. The molecule has 30 heavy (non-hydrogen) atoms. The second kappa shape index (κ2) is 9.27. The summed E-state index contributed by atoms with van der Waals surface area (Å²) in [5.74, 6) is -0.420. The zero-order valence-corrected chi connectivity index (χ0v) is 17.1. The lowest BCUT2D eigenvalue weighted by Crippen LogP contribution is -2.15. The Morgan fingerprint density at radius 2 is 1.87 bits per heavy atom. The van der Waals surface area contributed by atoms with Gasteiger partial charge in [-0.2, -0.15) is 13.2 Å². The maximum absolute atomic E-state index is 13.1. The van der Waals surface area contributed by atoms with Crippen molar-refractivity contribution < 1.29 is 27.4 Å². The molecule has 2 aromatic carbocycles. The number of rotatable bonds is 7. The van der Waals surface area contributed by atoms with E-state index in [2.05, 4.69) is 10.3 Å². The fourth-order valence-electron chi connectivity index (χ4n) is 2.61. The molecule has 3 aromatic rings. The Morgan fingerprint density at radius 1 is 1.13 bits per heavy atom. The van der Waals surface area contributed by atoms with Gasteiger partial charge in [0.25, 0.3) is 5.91 Å². The van der Waals surface area contributed by atoms with Crippen molar-refractivity contribution in [2.45, 2.75) is 13.1 Å². The summed E-state index contributed by atoms with van der Waals surface area (Å²) < 4.78 is 49.6. The fourth-order valence-corrected chi connectivity index (χ4v) is 3.41. The smallest absolute Gasteiger partial charge is 0.416 e. The topological polar surface area (TPSA) is 60.5 Å². The van der Waals surface area contributed by atoms with Crippen LogP contribution in [0.3, 0.4) is 0 Å². The predicted molar refractivity (Wildman–Crippen MR) is 109 cm³/mol. The van der Waals surface area contributed by atoms with E-state index in [1.165, 1.54) is 24.5 Å². The lowest BCUT2D eigenvalue weighted by Gasteiger charge is -2.15. The van der Waals surface area contributed by atoms with E-state index in [1.54, 1.807) is 24.3 Å². The number of ether oxygens (including phenoxy) is 2. The molecule has 1 aromatic heterocycles. The summed E-state index contributed by atoms with van der Waals surface area (Å²) in [6.45, 7) is 2.28. The molecule has 1 amide bonds. The standard InChI is InChI=1S/C21H19F3N2O3S/c1-13-12-30-20(25-13)15-5-3-14(4-6-15)19(27)26-17-11-16(21(22,23)24)7-8-18(17)29-10-9-28-2/h3-8,11-12H,9-10H2,1-2H3,(H,26,27). The molecule has 0 saturated carbocycles. The van der Waals surface area contributed by atoms with Gasteiger partial charge in [-0.05, 0) is 37.3 Å². The highest BCUT2D eigenvalue weighted by atomic mass is 32.1. The minimum absolute atomic E-state index is 0.0643. The monoisotopic (exact) mass is 436 g/mol. The number of nitrogens with zero attached hydrogens (tertiary/aromatic N) is 1. The maximum atomic E-state index is 13.1. The van der Waals surface area contributed by atoms with Crippen LogP contribution in [0.15, 0.2) is 47.8 Å². The van der Waals surface area contributed by atoms with Gasteiger partial charge >= 0.3 is 6.18 Å². The second-order valence-corrected chi connectivity index (χ2v) is 7.23. The van der Waals surface area contributed by atoms with Crippen LogP contribution in [0.2, 0.25) is 0 Å². The number of anilines is 1. The van der Waals surface area contributed by atoms with Gasteiger partial charge in [-0.1, -0.05) is 12.1 Å². The number of methoxy groups -OCH3 is 1. The number of benzene rings is 2. The van der Waals surface area contributed by atoms with Crippen LogP contribution in [0.25, 0.3) is 10.6 Å². The summed E-state index contributed by atoms with van der Waals surface area (Å²) in [6.07, 6.45) is -4.54. The number of hydrogen-bond acceptors (Lipinski definition) is 5. The van der Waals surface area contributed by atoms with Gasteiger partial charge in [-0.3, -0.25) is 4.79 Å². The van der Waals surface area contributed by atoms with Gasteiger partial charge in [0.15, 0.2) is 0 Å². The maximum Gasteiger partial charge on any atom is 0.416 e. The highest BCUT2D eigenvalue weighted by Gasteiger charge is 2.31. The summed E-state index contributed by atoms with van der Waals surface area (Å²) >= 11 is 1.49.